The van der Waals surface area contributed by atoms with Crippen molar-refractivity contribution < 1.29 is 0 Å². The molecule has 0 radical (unpaired) electrons. The lowest BCUT2D eigenvalue weighted by Crippen LogP contribution is -2.05. The second-order valence-electron chi connectivity index (χ2n) is 4.01. The Bertz CT molecular complexity index is 541. The molecular weight excluding hydrogens is 278 g/mol. The monoisotopic (exact) mass is 295 g/mol. The van der Waals surface area contributed by atoms with Gasteiger partial charge in [0.2, 0.25) is 0 Å². The average molecular weight is 295 g/mol. The molecule has 0 fully saturated rings. The molecule has 19 heavy (non-hydrogen) atoms. The summed E-state index contributed by atoms with van der Waals surface area (Å²) in [6.45, 7) is 7.13. The fourth-order valence-electron chi connectivity index (χ4n) is 1.46. The molecule has 2 aromatic heterocycles. The SMILES string of the molecule is CCCNc1ncnc(Sc2nc(CC)ns2)c1C. The normalized spacial score (nSPS) is 10.7. The van der Waals surface area contributed by atoms with Crippen LogP contribution in [-0.4, -0.2) is 25.9 Å². The molecule has 2 aromatic rings. The van der Waals surface area contributed by atoms with Gasteiger partial charge in [0.25, 0.3) is 0 Å². The Morgan fingerprint density at radius 3 is 2.84 bits per heavy atom. The van der Waals surface area contributed by atoms with Crippen LogP contribution < -0.4 is 5.32 Å². The fraction of sp³-hybridized carbons (Fsp3) is 0.500. The minimum absolute atomic E-state index is 0.864. The van der Waals surface area contributed by atoms with Gasteiger partial charge in [-0.3, -0.25) is 0 Å². The number of aryl methyl sites for hydroxylation is 1. The van der Waals surface area contributed by atoms with Gasteiger partial charge in [-0.05, 0) is 36.6 Å². The zero-order chi connectivity index (χ0) is 13.7. The molecule has 7 heteroatoms. The van der Waals surface area contributed by atoms with Crippen molar-refractivity contribution in [2.75, 3.05) is 11.9 Å². The summed E-state index contributed by atoms with van der Waals surface area (Å²) in [5.74, 6) is 1.79. The Morgan fingerprint density at radius 2 is 2.16 bits per heavy atom. The molecule has 0 aliphatic heterocycles. The molecule has 1 N–H and O–H groups in total. The van der Waals surface area contributed by atoms with Gasteiger partial charge >= 0.3 is 0 Å². The molecule has 2 heterocycles. The number of rotatable bonds is 6. The third-order valence-corrected chi connectivity index (χ3v) is 4.42. The van der Waals surface area contributed by atoms with Crippen LogP contribution in [0.3, 0.4) is 0 Å². The van der Waals surface area contributed by atoms with Crippen LogP contribution in [0.2, 0.25) is 0 Å². The second-order valence-corrected chi connectivity index (χ2v) is 6.00. The topological polar surface area (TPSA) is 63.6 Å². The Balaban J connectivity index is 2.15. The van der Waals surface area contributed by atoms with Crippen LogP contribution in [0.5, 0.6) is 0 Å². The van der Waals surface area contributed by atoms with Crippen molar-refractivity contribution in [1.29, 1.82) is 0 Å². The van der Waals surface area contributed by atoms with E-state index in [4.69, 9.17) is 0 Å². The highest BCUT2D eigenvalue weighted by atomic mass is 32.2. The zero-order valence-corrected chi connectivity index (χ0v) is 12.9. The highest BCUT2D eigenvalue weighted by Gasteiger charge is 2.11. The molecular formula is C12H17N5S2. The third-order valence-electron chi connectivity index (χ3n) is 2.53. The summed E-state index contributed by atoms with van der Waals surface area (Å²) in [4.78, 5) is 13.0. The summed E-state index contributed by atoms with van der Waals surface area (Å²) in [7, 11) is 0. The van der Waals surface area contributed by atoms with E-state index in [0.717, 1.165) is 46.0 Å². The van der Waals surface area contributed by atoms with Crippen LogP contribution in [0.15, 0.2) is 15.7 Å². The quantitative estimate of drug-likeness (QED) is 0.826. The van der Waals surface area contributed by atoms with E-state index in [-0.39, 0.29) is 0 Å². The van der Waals surface area contributed by atoms with E-state index in [1.54, 1.807) is 18.1 Å². The zero-order valence-electron chi connectivity index (χ0n) is 11.3. The van der Waals surface area contributed by atoms with Gasteiger partial charge in [-0.1, -0.05) is 13.8 Å². The maximum absolute atomic E-state index is 4.45. The van der Waals surface area contributed by atoms with E-state index in [0.29, 0.717) is 0 Å². The predicted octanol–water partition coefficient (Wildman–Crippen LogP) is 3.17. The van der Waals surface area contributed by atoms with Crippen molar-refractivity contribution in [1.82, 2.24) is 19.3 Å². The van der Waals surface area contributed by atoms with Gasteiger partial charge in [-0.2, -0.15) is 4.37 Å². The Kier molecular flexibility index (Phi) is 5.09. The van der Waals surface area contributed by atoms with E-state index < -0.39 is 0 Å². The smallest absolute Gasteiger partial charge is 0.176 e. The third kappa shape index (κ3) is 3.63. The first kappa shape index (κ1) is 14.2. The van der Waals surface area contributed by atoms with Crippen LogP contribution >= 0.6 is 23.3 Å². The second kappa shape index (κ2) is 6.81. The van der Waals surface area contributed by atoms with Crippen molar-refractivity contribution >= 4 is 29.1 Å². The molecule has 0 spiro atoms. The van der Waals surface area contributed by atoms with E-state index in [1.165, 1.54) is 11.5 Å². The van der Waals surface area contributed by atoms with Crippen LogP contribution in [0.4, 0.5) is 5.82 Å². The number of nitrogens with one attached hydrogen (secondary N) is 1. The number of hydrogen-bond acceptors (Lipinski definition) is 7. The molecule has 102 valence electrons. The molecule has 0 aliphatic carbocycles. The lowest BCUT2D eigenvalue weighted by atomic mass is 10.3. The van der Waals surface area contributed by atoms with Crippen molar-refractivity contribution in [2.45, 2.75) is 43.0 Å². The molecule has 0 amide bonds. The maximum atomic E-state index is 4.45. The molecule has 0 saturated carbocycles. The number of aromatic nitrogens is 4. The summed E-state index contributed by atoms with van der Waals surface area (Å²) in [5.41, 5.74) is 1.06. The fourth-order valence-corrected chi connectivity index (χ4v) is 3.13. The Labute approximate surface area is 121 Å². The van der Waals surface area contributed by atoms with Crippen molar-refractivity contribution in [3.63, 3.8) is 0 Å². The maximum Gasteiger partial charge on any atom is 0.176 e. The standard InChI is InChI=1S/C12H17N5S2/c1-4-6-13-10-8(3)11(15-7-14-10)18-12-16-9(5-2)17-19-12/h7H,4-6H2,1-3H3,(H,13,14,15). The van der Waals surface area contributed by atoms with Gasteiger partial charge in [0.1, 0.15) is 23.0 Å². The van der Waals surface area contributed by atoms with Crippen molar-refractivity contribution in [2.24, 2.45) is 0 Å². The van der Waals surface area contributed by atoms with E-state index in [1.807, 2.05) is 6.92 Å². The van der Waals surface area contributed by atoms with Gasteiger partial charge in [0, 0.05) is 18.5 Å². The van der Waals surface area contributed by atoms with Gasteiger partial charge in [0.15, 0.2) is 4.34 Å². The highest BCUT2D eigenvalue weighted by molar-refractivity contribution is 8.00. The first-order chi connectivity index (χ1) is 9.24. The van der Waals surface area contributed by atoms with Crippen LogP contribution in [0, 0.1) is 6.92 Å². The van der Waals surface area contributed by atoms with Gasteiger partial charge in [-0.25, -0.2) is 15.0 Å². The minimum Gasteiger partial charge on any atom is -0.370 e. The first-order valence-corrected chi connectivity index (χ1v) is 7.89. The van der Waals surface area contributed by atoms with E-state index in [2.05, 4.69) is 38.5 Å². The lowest BCUT2D eigenvalue weighted by Gasteiger charge is -2.09. The molecule has 0 atom stereocenters. The number of anilines is 1. The summed E-state index contributed by atoms with van der Waals surface area (Å²) < 4.78 is 5.21. The average Bonchev–Trinajstić information content (AvgIpc) is 2.87. The number of nitrogens with zero attached hydrogens (tertiary/aromatic N) is 4. The highest BCUT2D eigenvalue weighted by Crippen LogP contribution is 2.31. The Morgan fingerprint density at radius 1 is 1.32 bits per heavy atom. The van der Waals surface area contributed by atoms with Gasteiger partial charge in [0.05, 0.1) is 0 Å². The van der Waals surface area contributed by atoms with Crippen LogP contribution in [0.25, 0.3) is 0 Å². The molecule has 0 unspecified atom stereocenters. The molecule has 0 aliphatic rings. The molecule has 0 bridgehead atoms. The molecule has 0 aromatic carbocycles. The van der Waals surface area contributed by atoms with E-state index in [9.17, 15) is 0 Å². The summed E-state index contributed by atoms with van der Waals surface area (Å²) in [5, 5.41) is 4.25. The summed E-state index contributed by atoms with van der Waals surface area (Å²) in [6, 6.07) is 0. The van der Waals surface area contributed by atoms with Crippen molar-refractivity contribution in [3.8, 4) is 0 Å². The first-order valence-electron chi connectivity index (χ1n) is 6.30. The molecule has 0 saturated heterocycles. The van der Waals surface area contributed by atoms with E-state index >= 15 is 0 Å². The Hall–Kier alpha value is -1.21. The minimum atomic E-state index is 0.864. The lowest BCUT2D eigenvalue weighted by molar-refractivity contribution is 0.936. The summed E-state index contributed by atoms with van der Waals surface area (Å²) in [6.07, 6.45) is 3.53. The van der Waals surface area contributed by atoms with Crippen molar-refractivity contribution in [3.05, 3.63) is 17.7 Å². The van der Waals surface area contributed by atoms with Gasteiger partial charge < -0.3 is 5.32 Å². The summed E-state index contributed by atoms with van der Waals surface area (Å²) >= 11 is 2.97. The largest absolute Gasteiger partial charge is 0.370 e. The number of hydrogen-bond donors (Lipinski definition) is 1. The van der Waals surface area contributed by atoms with Crippen LogP contribution in [0.1, 0.15) is 31.7 Å². The molecule has 2 rings (SSSR count). The predicted molar refractivity (Wildman–Crippen MR) is 79.0 cm³/mol. The van der Waals surface area contributed by atoms with Crippen LogP contribution in [-0.2, 0) is 6.42 Å². The van der Waals surface area contributed by atoms with Gasteiger partial charge in [-0.15, -0.1) is 0 Å². The molecule has 5 nitrogen and oxygen atoms in total.